The Morgan fingerprint density at radius 2 is 1.97 bits per heavy atom. The average Bonchev–Trinajstić information content (AvgIpc) is 3.44. The Labute approximate surface area is 196 Å². The minimum atomic E-state index is -0.979. The Balaban J connectivity index is 1.63. The minimum Gasteiger partial charge on any atom is -0.478 e. The summed E-state index contributed by atoms with van der Waals surface area (Å²) >= 11 is 5.61. The molecule has 1 aliphatic heterocycles. The number of ether oxygens (including phenoxy) is 1. The zero-order chi connectivity index (χ0) is 23.4. The Bertz CT molecular complexity index is 1150. The lowest BCUT2D eigenvalue weighted by Crippen LogP contribution is -2.30. The number of carboxylic acid groups (broad SMARTS) is 1. The van der Waals surface area contributed by atoms with E-state index in [9.17, 15) is 9.59 Å². The van der Waals surface area contributed by atoms with Crippen LogP contribution in [-0.4, -0.2) is 45.7 Å². The van der Waals surface area contributed by atoms with Gasteiger partial charge in [0.1, 0.15) is 17.6 Å². The molecule has 170 valence electrons. The average molecular weight is 466 g/mol. The maximum absolute atomic E-state index is 11.6. The number of esters is 1. The van der Waals surface area contributed by atoms with Crippen molar-refractivity contribution in [2.45, 2.75) is 24.9 Å². The number of thiocarbonyl (C=S) groups is 1. The number of aromatic carboxylic acids is 1. The first-order valence-corrected chi connectivity index (χ1v) is 10.9. The summed E-state index contributed by atoms with van der Waals surface area (Å²) in [5.41, 5.74) is 1.80. The molecule has 1 saturated heterocycles. The summed E-state index contributed by atoms with van der Waals surface area (Å²) < 4.78 is 11.0. The molecule has 1 aliphatic rings. The molecule has 1 aromatic carbocycles. The highest BCUT2D eigenvalue weighted by molar-refractivity contribution is 7.80. The van der Waals surface area contributed by atoms with E-state index < -0.39 is 5.97 Å². The number of hydrogen-bond donors (Lipinski definition) is 2. The molecule has 2 aromatic heterocycles. The van der Waals surface area contributed by atoms with Crippen LogP contribution in [0.25, 0.3) is 11.3 Å². The number of aromatic nitrogens is 1. The number of carbonyl (C=O) groups is 2. The van der Waals surface area contributed by atoms with Gasteiger partial charge in [0.15, 0.2) is 5.11 Å². The number of nitrogens with one attached hydrogen (secondary N) is 1. The molecule has 0 spiro atoms. The molecule has 8 nitrogen and oxygen atoms in total. The van der Waals surface area contributed by atoms with E-state index >= 15 is 0 Å². The van der Waals surface area contributed by atoms with Crippen LogP contribution >= 0.6 is 12.2 Å². The molecule has 0 amide bonds. The van der Waals surface area contributed by atoms with E-state index in [1.165, 1.54) is 7.11 Å². The maximum atomic E-state index is 11.6. The summed E-state index contributed by atoms with van der Waals surface area (Å²) in [6.07, 6.45) is 2.59. The van der Waals surface area contributed by atoms with Crippen molar-refractivity contribution >= 4 is 29.3 Å². The summed E-state index contributed by atoms with van der Waals surface area (Å²) in [5.74, 6) is 0.0615. The van der Waals surface area contributed by atoms with Gasteiger partial charge in [-0.1, -0.05) is 18.2 Å². The maximum Gasteiger partial charge on any atom is 0.335 e. The molecule has 9 heteroatoms. The molecule has 0 unspecified atom stereocenters. The van der Waals surface area contributed by atoms with Crippen LogP contribution in [0.4, 0.5) is 0 Å². The second-order valence-corrected chi connectivity index (χ2v) is 7.97. The van der Waals surface area contributed by atoms with Gasteiger partial charge in [-0.05, 0) is 55.0 Å². The molecule has 1 fully saturated rings. The summed E-state index contributed by atoms with van der Waals surface area (Å²) in [5, 5.41) is 13.0. The van der Waals surface area contributed by atoms with Crippen molar-refractivity contribution in [2.75, 3.05) is 13.7 Å². The van der Waals surface area contributed by atoms with E-state index in [0.29, 0.717) is 29.6 Å². The number of carbonyl (C=O) groups excluding carboxylic acids is 1. The normalized spacial score (nSPS) is 17.6. The third-order valence-corrected chi connectivity index (χ3v) is 5.89. The van der Waals surface area contributed by atoms with Gasteiger partial charge in [-0.3, -0.25) is 9.78 Å². The van der Waals surface area contributed by atoms with Crippen molar-refractivity contribution in [3.63, 3.8) is 0 Å². The molecule has 0 saturated carbocycles. The molecule has 2 N–H and O–H groups in total. The van der Waals surface area contributed by atoms with Crippen LogP contribution in [0.2, 0.25) is 0 Å². The van der Waals surface area contributed by atoms with Crippen molar-refractivity contribution in [1.82, 2.24) is 15.2 Å². The van der Waals surface area contributed by atoms with E-state index in [2.05, 4.69) is 10.3 Å². The molecule has 3 aromatic rings. The van der Waals surface area contributed by atoms with Gasteiger partial charge in [-0.15, -0.1) is 0 Å². The van der Waals surface area contributed by atoms with Gasteiger partial charge in [-0.25, -0.2) is 4.79 Å². The molecule has 33 heavy (non-hydrogen) atoms. The van der Waals surface area contributed by atoms with Gasteiger partial charge in [0, 0.05) is 24.7 Å². The summed E-state index contributed by atoms with van der Waals surface area (Å²) in [6.45, 7) is 0.540. The number of methoxy groups -OCH3 is 1. The number of pyridine rings is 1. The van der Waals surface area contributed by atoms with Crippen LogP contribution in [0.3, 0.4) is 0 Å². The molecule has 2 atom stereocenters. The van der Waals surface area contributed by atoms with E-state index in [1.807, 2.05) is 35.2 Å². The highest BCUT2D eigenvalue weighted by atomic mass is 32.1. The number of nitrogens with zero attached hydrogens (tertiary/aromatic N) is 2. The van der Waals surface area contributed by atoms with Gasteiger partial charge in [-0.2, -0.15) is 0 Å². The van der Waals surface area contributed by atoms with Crippen molar-refractivity contribution in [3.05, 3.63) is 77.8 Å². The minimum absolute atomic E-state index is 0.211. The standard InChI is InChI=1S/C24H23N3O5S/c1-31-20(28)6-4-14-27-22(21(26-24(27)33)17-5-2-3-13-25-17)19-12-11-18(32-19)15-7-9-16(10-8-15)23(29)30/h2-3,5,7-13,21-22H,4,6,14H2,1H3,(H,26,33)(H,29,30)/t21-,22-/m0/s1. The Hall–Kier alpha value is -3.72. The lowest BCUT2D eigenvalue weighted by molar-refractivity contribution is -0.140. The fraction of sp³-hybridized carbons (Fsp3) is 0.250. The number of benzene rings is 1. The second-order valence-electron chi connectivity index (χ2n) is 7.58. The van der Waals surface area contributed by atoms with Crippen molar-refractivity contribution in [2.24, 2.45) is 0 Å². The first-order chi connectivity index (χ1) is 16.0. The summed E-state index contributed by atoms with van der Waals surface area (Å²) in [4.78, 5) is 29.2. The topological polar surface area (TPSA) is 105 Å². The smallest absolute Gasteiger partial charge is 0.335 e. The third-order valence-electron chi connectivity index (χ3n) is 5.54. The van der Waals surface area contributed by atoms with E-state index in [4.69, 9.17) is 26.5 Å². The van der Waals surface area contributed by atoms with E-state index in [1.54, 1.807) is 30.5 Å². The third kappa shape index (κ3) is 4.88. The highest BCUT2D eigenvalue weighted by Crippen LogP contribution is 2.40. The Kier molecular flexibility index (Phi) is 6.69. The molecule has 0 radical (unpaired) electrons. The predicted octanol–water partition coefficient (Wildman–Crippen LogP) is 3.97. The van der Waals surface area contributed by atoms with Gasteiger partial charge >= 0.3 is 11.9 Å². The van der Waals surface area contributed by atoms with Gasteiger partial charge in [0.05, 0.1) is 24.4 Å². The van der Waals surface area contributed by atoms with Crippen LogP contribution in [0.15, 0.2) is 65.2 Å². The van der Waals surface area contributed by atoms with Crippen LogP contribution in [0.1, 0.15) is 46.7 Å². The first kappa shape index (κ1) is 22.5. The first-order valence-electron chi connectivity index (χ1n) is 10.5. The van der Waals surface area contributed by atoms with Gasteiger partial charge in [0.25, 0.3) is 0 Å². The zero-order valence-corrected chi connectivity index (χ0v) is 18.7. The second kappa shape index (κ2) is 9.83. The number of hydrogen-bond acceptors (Lipinski definition) is 6. The number of furan rings is 1. The fourth-order valence-corrected chi connectivity index (χ4v) is 4.23. The lowest BCUT2D eigenvalue weighted by atomic mass is 10.0. The van der Waals surface area contributed by atoms with Crippen LogP contribution in [0.5, 0.6) is 0 Å². The summed E-state index contributed by atoms with van der Waals surface area (Å²) in [6, 6.07) is 15.5. The fourth-order valence-electron chi connectivity index (χ4n) is 3.90. The van der Waals surface area contributed by atoms with Crippen molar-refractivity contribution < 1.29 is 23.8 Å². The van der Waals surface area contributed by atoms with Gasteiger partial charge < -0.3 is 24.5 Å². The molecule has 4 rings (SSSR count). The monoisotopic (exact) mass is 465 g/mol. The van der Waals surface area contributed by atoms with E-state index in [0.717, 1.165) is 11.3 Å². The van der Waals surface area contributed by atoms with Crippen LogP contribution in [-0.2, 0) is 9.53 Å². The molecule has 0 aliphatic carbocycles. The molecular formula is C24H23N3O5S. The molecule has 3 heterocycles. The quantitative estimate of drug-likeness (QED) is 0.378. The van der Waals surface area contributed by atoms with Gasteiger partial charge in [0.2, 0.25) is 0 Å². The Morgan fingerprint density at radius 1 is 1.18 bits per heavy atom. The largest absolute Gasteiger partial charge is 0.478 e. The SMILES string of the molecule is COC(=O)CCCN1C(=S)N[C@@H](c2ccccn2)[C@@H]1c1ccc(-c2ccc(C(=O)O)cc2)o1. The van der Waals surface area contributed by atoms with Crippen molar-refractivity contribution in [1.29, 1.82) is 0 Å². The zero-order valence-electron chi connectivity index (χ0n) is 17.9. The van der Waals surface area contributed by atoms with Crippen molar-refractivity contribution in [3.8, 4) is 11.3 Å². The Morgan fingerprint density at radius 3 is 2.64 bits per heavy atom. The highest BCUT2D eigenvalue weighted by Gasteiger charge is 2.41. The predicted molar refractivity (Wildman–Crippen MR) is 125 cm³/mol. The van der Waals surface area contributed by atoms with E-state index in [-0.39, 0.29) is 30.0 Å². The van der Waals surface area contributed by atoms with Crippen LogP contribution in [0, 0.1) is 0 Å². The lowest BCUT2D eigenvalue weighted by Gasteiger charge is -2.25. The number of rotatable bonds is 8. The molecule has 0 bridgehead atoms. The molecular weight excluding hydrogens is 442 g/mol. The summed E-state index contributed by atoms with van der Waals surface area (Å²) in [7, 11) is 1.37. The number of carboxylic acids is 1. The van der Waals surface area contributed by atoms with Crippen LogP contribution < -0.4 is 5.32 Å².